The average Bonchev–Trinajstić information content (AvgIpc) is 3.59. The molecule has 0 bridgehead atoms. The van der Waals surface area contributed by atoms with E-state index < -0.39 is 17.9 Å². The van der Waals surface area contributed by atoms with E-state index in [-0.39, 0.29) is 28.8 Å². The number of para-hydroxylation sites is 2. The van der Waals surface area contributed by atoms with Crippen molar-refractivity contribution in [1.82, 2.24) is 9.80 Å². The van der Waals surface area contributed by atoms with Crippen LogP contribution < -0.4 is 9.80 Å². The fourth-order valence-electron chi connectivity index (χ4n) is 5.46. The minimum Gasteiger partial charge on any atom is -0.464 e. The first-order valence-electron chi connectivity index (χ1n) is 12.0. The zero-order valence-electron chi connectivity index (χ0n) is 20.2. The van der Waals surface area contributed by atoms with Gasteiger partial charge in [0.2, 0.25) is 0 Å². The summed E-state index contributed by atoms with van der Waals surface area (Å²) in [5.41, 5.74) is 4.31. The summed E-state index contributed by atoms with van der Waals surface area (Å²) in [6, 6.07) is 13.0. The molecule has 3 aliphatic rings. The Hall–Kier alpha value is -4.34. The van der Waals surface area contributed by atoms with Crippen LogP contribution in [0.3, 0.4) is 0 Å². The number of amides is 3. The van der Waals surface area contributed by atoms with Crippen molar-refractivity contribution >= 4 is 51.9 Å². The van der Waals surface area contributed by atoms with E-state index in [1.54, 1.807) is 37.9 Å². The first-order valence-corrected chi connectivity index (χ1v) is 12.0. The third-order valence-electron chi connectivity index (χ3n) is 7.11. The molecule has 3 aromatic rings. The van der Waals surface area contributed by atoms with Crippen molar-refractivity contribution in [3.8, 4) is 0 Å². The third-order valence-corrected chi connectivity index (χ3v) is 7.11. The van der Waals surface area contributed by atoms with Gasteiger partial charge in [-0.2, -0.15) is 9.28 Å². The van der Waals surface area contributed by atoms with Crippen molar-refractivity contribution in [3.05, 3.63) is 77.2 Å². The molecule has 0 spiro atoms. The molecule has 37 heavy (non-hydrogen) atoms. The second kappa shape index (κ2) is 8.95. The second-order valence-corrected chi connectivity index (χ2v) is 9.10. The number of imide groups is 1. The minimum atomic E-state index is -0.526. The van der Waals surface area contributed by atoms with Crippen LogP contribution in [-0.4, -0.2) is 57.5 Å². The first kappa shape index (κ1) is 23.1. The minimum absolute atomic E-state index is 0.0813. The highest BCUT2D eigenvalue weighted by Crippen LogP contribution is 2.46. The molecule has 3 aliphatic heterocycles. The Morgan fingerprint density at radius 1 is 1.05 bits per heavy atom. The van der Waals surface area contributed by atoms with Crippen LogP contribution in [-0.2, 0) is 25.5 Å². The van der Waals surface area contributed by atoms with E-state index in [0.29, 0.717) is 41.8 Å². The molecule has 9 nitrogen and oxygen atoms in total. The predicted octanol–water partition coefficient (Wildman–Crippen LogP) is 3.61. The topological polar surface area (TPSA) is 107 Å². The molecule has 3 amide bonds. The van der Waals surface area contributed by atoms with Crippen LogP contribution in [0.1, 0.15) is 16.7 Å². The van der Waals surface area contributed by atoms with Crippen LogP contribution in [0.15, 0.2) is 69.9 Å². The summed E-state index contributed by atoms with van der Waals surface area (Å²) in [7, 11) is 1.55. The van der Waals surface area contributed by atoms with Gasteiger partial charge in [0.15, 0.2) is 5.69 Å². The van der Waals surface area contributed by atoms with Gasteiger partial charge in [-0.15, -0.1) is 0 Å². The standard InChI is InChI=1S/C28H23N3O6/c1-35-14-15-37-28(34)31-11-8-17-4-2-6-19(24(17)31)21(16-29-10-12-31)23-22(26(32)30-27(23)33)20-7-3-5-18-9-13-36-25(18)20/h2-7,9-10,13,16H,8,11-12,14-15H2,1H3/p+1. The van der Waals surface area contributed by atoms with Gasteiger partial charge in [-0.25, -0.2) is 0 Å². The highest BCUT2D eigenvalue weighted by molar-refractivity contribution is 6.41. The molecule has 0 aliphatic carbocycles. The Kier molecular flexibility index (Phi) is 5.58. The summed E-state index contributed by atoms with van der Waals surface area (Å²) in [6.07, 6.45) is 5.05. The van der Waals surface area contributed by atoms with Gasteiger partial charge in [0.05, 0.1) is 36.8 Å². The molecule has 9 heteroatoms. The monoisotopic (exact) mass is 498 g/mol. The van der Waals surface area contributed by atoms with Crippen LogP contribution >= 0.6 is 0 Å². The van der Waals surface area contributed by atoms with Crippen LogP contribution in [0.25, 0.3) is 22.1 Å². The molecule has 0 saturated carbocycles. The number of benzene rings is 2. The Balaban J connectivity index is 1.57. The maximum atomic E-state index is 13.5. The van der Waals surface area contributed by atoms with Gasteiger partial charge < -0.3 is 13.9 Å². The summed E-state index contributed by atoms with van der Waals surface area (Å²) in [5, 5.41) is 3.26. The molecule has 0 radical (unpaired) electrons. The van der Waals surface area contributed by atoms with Crippen molar-refractivity contribution in [2.75, 3.05) is 33.4 Å². The fourth-order valence-corrected chi connectivity index (χ4v) is 5.46. The molecule has 0 saturated heterocycles. The number of fused-ring (bicyclic) bond motifs is 1. The molecule has 1 aromatic heterocycles. The van der Waals surface area contributed by atoms with Crippen LogP contribution in [0, 0.1) is 0 Å². The highest BCUT2D eigenvalue weighted by Gasteiger charge is 2.50. The van der Waals surface area contributed by atoms with E-state index in [2.05, 4.69) is 10.3 Å². The zero-order valence-corrected chi connectivity index (χ0v) is 20.2. The Morgan fingerprint density at radius 2 is 1.86 bits per heavy atom. The fraction of sp³-hybridized carbons (Fsp3) is 0.214. The summed E-state index contributed by atoms with van der Waals surface area (Å²) in [5.74, 6) is -1.04. The molecule has 1 N–H and O–H groups in total. The molecule has 4 heterocycles. The van der Waals surface area contributed by atoms with Crippen molar-refractivity contribution in [2.24, 2.45) is 4.99 Å². The molecule has 186 valence electrons. The molecule has 2 aromatic carbocycles. The number of carbonyl (C=O) groups excluding carboxylic acids is 3. The third kappa shape index (κ3) is 3.54. The van der Waals surface area contributed by atoms with Crippen LogP contribution in [0.5, 0.6) is 0 Å². The summed E-state index contributed by atoms with van der Waals surface area (Å²) in [6.45, 7) is 1.23. The summed E-state index contributed by atoms with van der Waals surface area (Å²) < 4.78 is 16.3. The van der Waals surface area contributed by atoms with Gasteiger partial charge in [0, 0.05) is 47.4 Å². The molecular weight excluding hydrogens is 474 g/mol. The number of nitrogens with zero attached hydrogens (tertiary/aromatic N) is 2. The van der Waals surface area contributed by atoms with Crippen molar-refractivity contribution in [3.63, 3.8) is 0 Å². The van der Waals surface area contributed by atoms with E-state index in [0.717, 1.165) is 16.6 Å². The maximum absolute atomic E-state index is 13.5. The second-order valence-electron chi connectivity index (χ2n) is 9.10. The van der Waals surface area contributed by atoms with Crippen LogP contribution in [0.2, 0.25) is 0 Å². The normalized spacial score (nSPS) is 20.5. The molecular formula is C28H24N3O6+. The number of quaternary nitrogens is 1. The number of hydrogen-bond acceptors (Lipinski definition) is 7. The predicted molar refractivity (Wildman–Crippen MR) is 138 cm³/mol. The molecule has 0 fully saturated rings. The largest absolute Gasteiger partial charge is 0.521 e. The van der Waals surface area contributed by atoms with E-state index in [1.807, 2.05) is 30.3 Å². The number of nitrogens with one attached hydrogen (secondary N) is 1. The number of furan rings is 1. The average molecular weight is 499 g/mol. The maximum Gasteiger partial charge on any atom is 0.521 e. The first-order chi connectivity index (χ1) is 18.0. The van der Waals surface area contributed by atoms with Crippen molar-refractivity contribution in [2.45, 2.75) is 6.42 Å². The number of ether oxygens (including phenoxy) is 2. The van der Waals surface area contributed by atoms with E-state index in [9.17, 15) is 14.4 Å². The van der Waals surface area contributed by atoms with Crippen molar-refractivity contribution < 1.29 is 28.3 Å². The highest BCUT2D eigenvalue weighted by atomic mass is 16.6. The van der Waals surface area contributed by atoms with Crippen molar-refractivity contribution in [1.29, 1.82) is 0 Å². The van der Waals surface area contributed by atoms with Gasteiger partial charge in [0.25, 0.3) is 11.8 Å². The lowest BCUT2D eigenvalue weighted by atomic mass is 9.89. The Morgan fingerprint density at radius 3 is 2.73 bits per heavy atom. The number of aliphatic imine (C=N–C) groups is 1. The van der Waals surface area contributed by atoms with E-state index in [4.69, 9.17) is 13.9 Å². The quantitative estimate of drug-likeness (QED) is 0.327. The Bertz CT molecular complexity index is 1560. The van der Waals surface area contributed by atoms with Crippen LogP contribution in [0.4, 0.5) is 10.5 Å². The van der Waals surface area contributed by atoms with Gasteiger partial charge in [-0.3, -0.25) is 19.9 Å². The number of rotatable bonds is 5. The van der Waals surface area contributed by atoms with Gasteiger partial charge in [0.1, 0.15) is 18.7 Å². The SMILES string of the molecule is COCCOC(=O)[N+]12CC=NC=C(C3=C(c4cccc5ccoc45)C(=O)NC3=O)c3cccc(c31)CC2. The summed E-state index contributed by atoms with van der Waals surface area (Å²) in [4.78, 5) is 44.4. The number of hydrogen-bond donors (Lipinski definition) is 1. The smallest absolute Gasteiger partial charge is 0.464 e. The van der Waals surface area contributed by atoms with E-state index in [1.165, 1.54) is 0 Å². The summed E-state index contributed by atoms with van der Waals surface area (Å²) >= 11 is 0. The Labute approximate surface area is 212 Å². The zero-order chi connectivity index (χ0) is 25.6. The van der Waals surface area contributed by atoms with Gasteiger partial charge in [-0.1, -0.05) is 30.3 Å². The van der Waals surface area contributed by atoms with E-state index >= 15 is 0 Å². The lowest BCUT2D eigenvalue weighted by Gasteiger charge is -2.31. The molecule has 1 unspecified atom stereocenters. The number of methoxy groups -OCH3 is 1. The number of carbonyl (C=O) groups is 3. The lowest BCUT2D eigenvalue weighted by molar-refractivity contribution is -0.123. The van der Waals surface area contributed by atoms with Gasteiger partial charge >= 0.3 is 6.09 Å². The van der Waals surface area contributed by atoms with Gasteiger partial charge in [-0.05, 0) is 12.1 Å². The lowest BCUT2D eigenvalue weighted by Crippen LogP contribution is -2.55. The molecule has 1 atom stereocenters. The molecule has 6 rings (SSSR count).